The first-order valence-electron chi connectivity index (χ1n) is 6.20. The van der Waals surface area contributed by atoms with Crippen molar-refractivity contribution in [2.24, 2.45) is 0 Å². The summed E-state index contributed by atoms with van der Waals surface area (Å²) in [5.74, 6) is 0. The van der Waals surface area contributed by atoms with Crippen molar-refractivity contribution in [2.45, 2.75) is 19.1 Å². The number of aliphatic hydroxyl groups is 1. The van der Waals surface area contributed by atoms with Crippen molar-refractivity contribution in [3.63, 3.8) is 0 Å². The number of benzene rings is 2. The summed E-state index contributed by atoms with van der Waals surface area (Å²) in [6.07, 6.45) is 0.0327. The lowest BCUT2D eigenvalue weighted by Gasteiger charge is -2.15. The number of methoxy groups -OCH3 is 1. The lowest BCUT2D eigenvalue weighted by Crippen LogP contribution is -2.06. The third-order valence-corrected chi connectivity index (χ3v) is 3.31. The van der Waals surface area contributed by atoms with Gasteiger partial charge in [-0.3, -0.25) is 0 Å². The number of aliphatic hydroxyl groups excluding tert-OH is 1. The molecular weight excluding hydrogens is 260 g/mol. The molecule has 0 saturated heterocycles. The van der Waals surface area contributed by atoms with Crippen molar-refractivity contribution in [2.75, 3.05) is 7.11 Å². The van der Waals surface area contributed by atoms with Crippen molar-refractivity contribution in [1.82, 2.24) is 0 Å². The minimum Gasteiger partial charge on any atom is -0.388 e. The van der Waals surface area contributed by atoms with E-state index in [9.17, 15) is 5.11 Å². The lowest BCUT2D eigenvalue weighted by molar-refractivity contribution is 0.161. The maximum Gasteiger partial charge on any atom is 0.0833 e. The fourth-order valence-electron chi connectivity index (χ4n) is 2.10. The zero-order chi connectivity index (χ0) is 13.7. The Labute approximate surface area is 118 Å². The molecule has 0 aromatic heterocycles. The summed E-state index contributed by atoms with van der Waals surface area (Å²) in [6, 6.07) is 15.3. The van der Waals surface area contributed by atoms with E-state index in [1.807, 2.05) is 48.5 Å². The van der Waals surface area contributed by atoms with Crippen LogP contribution in [-0.4, -0.2) is 12.2 Å². The molecule has 2 aromatic carbocycles. The van der Waals surface area contributed by atoms with Crippen molar-refractivity contribution >= 4 is 11.6 Å². The summed E-state index contributed by atoms with van der Waals surface area (Å²) in [4.78, 5) is 0. The molecule has 1 unspecified atom stereocenters. The van der Waals surface area contributed by atoms with Crippen LogP contribution in [0.25, 0.3) is 0 Å². The molecule has 100 valence electrons. The molecule has 2 nitrogen and oxygen atoms in total. The van der Waals surface area contributed by atoms with E-state index in [2.05, 4.69) is 0 Å². The van der Waals surface area contributed by atoms with Crippen molar-refractivity contribution in [1.29, 1.82) is 0 Å². The second-order valence-corrected chi connectivity index (χ2v) is 4.91. The minimum absolute atomic E-state index is 0.508. The molecule has 0 amide bonds. The number of halogens is 1. The minimum atomic E-state index is -0.535. The molecule has 1 N–H and O–H groups in total. The van der Waals surface area contributed by atoms with E-state index in [-0.39, 0.29) is 0 Å². The molecule has 19 heavy (non-hydrogen) atoms. The van der Waals surface area contributed by atoms with Gasteiger partial charge in [-0.05, 0) is 28.8 Å². The van der Waals surface area contributed by atoms with Gasteiger partial charge < -0.3 is 9.84 Å². The van der Waals surface area contributed by atoms with Gasteiger partial charge in [0.05, 0.1) is 12.7 Å². The number of ether oxygens (including phenoxy) is 1. The molecule has 0 aliphatic rings. The quantitative estimate of drug-likeness (QED) is 0.901. The summed E-state index contributed by atoms with van der Waals surface area (Å²) in [6.45, 7) is 0.508. The van der Waals surface area contributed by atoms with E-state index in [0.717, 1.165) is 16.7 Å². The lowest BCUT2D eigenvalue weighted by atomic mass is 9.97. The number of rotatable bonds is 5. The molecule has 2 rings (SSSR count). The molecule has 0 aliphatic heterocycles. The topological polar surface area (TPSA) is 29.5 Å². The van der Waals surface area contributed by atoms with Crippen molar-refractivity contribution < 1.29 is 9.84 Å². The van der Waals surface area contributed by atoms with Gasteiger partial charge in [0, 0.05) is 18.6 Å². The number of hydrogen-bond donors (Lipinski definition) is 1. The van der Waals surface area contributed by atoms with E-state index in [0.29, 0.717) is 18.1 Å². The summed E-state index contributed by atoms with van der Waals surface area (Å²) < 4.78 is 5.16. The summed E-state index contributed by atoms with van der Waals surface area (Å²) in [5.41, 5.74) is 3.00. The fraction of sp³-hybridized carbons (Fsp3) is 0.250. The first-order valence-corrected chi connectivity index (χ1v) is 6.57. The first-order chi connectivity index (χ1) is 9.20. The molecule has 3 heteroatoms. The molecule has 0 saturated carbocycles. The Kier molecular flexibility index (Phi) is 4.97. The first kappa shape index (κ1) is 14.1. The van der Waals surface area contributed by atoms with Gasteiger partial charge in [-0.1, -0.05) is 48.0 Å². The Hall–Kier alpha value is -1.35. The van der Waals surface area contributed by atoms with Gasteiger partial charge in [0.25, 0.3) is 0 Å². The summed E-state index contributed by atoms with van der Waals surface area (Å²) in [7, 11) is 1.66. The Morgan fingerprint density at radius 2 is 1.79 bits per heavy atom. The van der Waals surface area contributed by atoms with Crippen LogP contribution in [0, 0.1) is 0 Å². The monoisotopic (exact) mass is 276 g/mol. The normalized spacial score (nSPS) is 12.4. The van der Waals surface area contributed by atoms with Crippen molar-refractivity contribution in [3.05, 3.63) is 70.2 Å². The zero-order valence-corrected chi connectivity index (χ0v) is 11.6. The van der Waals surface area contributed by atoms with E-state index in [1.165, 1.54) is 0 Å². The van der Waals surface area contributed by atoms with Crippen molar-refractivity contribution in [3.8, 4) is 0 Å². The van der Waals surface area contributed by atoms with Crippen LogP contribution >= 0.6 is 11.6 Å². The molecule has 0 fully saturated rings. The van der Waals surface area contributed by atoms with Gasteiger partial charge in [0.1, 0.15) is 0 Å². The summed E-state index contributed by atoms with van der Waals surface area (Å²) in [5, 5.41) is 11.1. The second kappa shape index (κ2) is 6.71. The molecule has 0 aliphatic carbocycles. The average Bonchev–Trinajstić information content (AvgIpc) is 2.42. The predicted molar refractivity (Wildman–Crippen MR) is 77.3 cm³/mol. The molecule has 0 radical (unpaired) electrons. The van der Waals surface area contributed by atoms with Gasteiger partial charge >= 0.3 is 0 Å². The van der Waals surface area contributed by atoms with Crippen LogP contribution in [0.4, 0.5) is 0 Å². The zero-order valence-electron chi connectivity index (χ0n) is 10.8. The van der Waals surface area contributed by atoms with E-state index >= 15 is 0 Å². The highest BCUT2D eigenvalue weighted by Gasteiger charge is 2.12. The van der Waals surface area contributed by atoms with Crippen LogP contribution in [0.15, 0.2) is 48.5 Å². The third-order valence-electron chi connectivity index (χ3n) is 3.06. The van der Waals surface area contributed by atoms with E-state index in [1.54, 1.807) is 7.11 Å². The predicted octanol–water partition coefficient (Wildman–Crippen LogP) is 3.76. The van der Waals surface area contributed by atoms with Crippen LogP contribution in [0.2, 0.25) is 5.02 Å². The standard InChI is InChI=1S/C16H17ClO2/c1-19-11-13-4-2-3-5-15(13)16(18)10-12-6-8-14(17)9-7-12/h2-9,16,18H,10-11H2,1H3. The van der Waals surface area contributed by atoms with Gasteiger partial charge in [-0.2, -0.15) is 0 Å². The Bertz CT molecular complexity index is 523. The van der Waals surface area contributed by atoms with E-state index < -0.39 is 6.10 Å². The Balaban J connectivity index is 2.15. The largest absolute Gasteiger partial charge is 0.388 e. The molecule has 0 spiro atoms. The van der Waals surface area contributed by atoms with Gasteiger partial charge in [0.15, 0.2) is 0 Å². The van der Waals surface area contributed by atoms with Gasteiger partial charge in [0.2, 0.25) is 0 Å². The maximum absolute atomic E-state index is 10.4. The smallest absolute Gasteiger partial charge is 0.0833 e. The Morgan fingerprint density at radius 3 is 2.47 bits per heavy atom. The SMILES string of the molecule is COCc1ccccc1C(O)Cc1ccc(Cl)cc1. The average molecular weight is 277 g/mol. The molecule has 0 bridgehead atoms. The highest BCUT2D eigenvalue weighted by molar-refractivity contribution is 6.30. The summed E-state index contributed by atoms with van der Waals surface area (Å²) >= 11 is 5.85. The van der Waals surface area contributed by atoms with Gasteiger partial charge in [-0.15, -0.1) is 0 Å². The van der Waals surface area contributed by atoms with Crippen LogP contribution in [0.5, 0.6) is 0 Å². The highest BCUT2D eigenvalue weighted by Crippen LogP contribution is 2.23. The molecular formula is C16H17ClO2. The van der Waals surface area contributed by atoms with Gasteiger partial charge in [-0.25, -0.2) is 0 Å². The number of hydrogen-bond acceptors (Lipinski definition) is 2. The molecule has 1 atom stereocenters. The van der Waals surface area contributed by atoms with E-state index in [4.69, 9.17) is 16.3 Å². The van der Waals surface area contributed by atoms with Crippen LogP contribution < -0.4 is 0 Å². The Morgan fingerprint density at radius 1 is 1.11 bits per heavy atom. The van der Waals surface area contributed by atoms with Crippen LogP contribution in [0.3, 0.4) is 0 Å². The molecule has 0 heterocycles. The maximum atomic E-state index is 10.4. The highest BCUT2D eigenvalue weighted by atomic mass is 35.5. The fourth-order valence-corrected chi connectivity index (χ4v) is 2.23. The van der Waals surface area contributed by atoms with Crippen LogP contribution in [0.1, 0.15) is 22.8 Å². The third kappa shape index (κ3) is 3.80. The van der Waals surface area contributed by atoms with Crippen LogP contribution in [-0.2, 0) is 17.8 Å². The second-order valence-electron chi connectivity index (χ2n) is 4.48. The molecule has 2 aromatic rings.